The minimum atomic E-state index is -0.255. The number of amidine groups is 2. The molecule has 11 rings (SSSR count). The number of rotatable bonds is 5. The van der Waals surface area contributed by atoms with Crippen LogP contribution in [0.25, 0.3) is 50.2 Å². The number of hydrogen-bond donors (Lipinski definition) is 1. The molecule has 3 heterocycles. The van der Waals surface area contributed by atoms with Crippen LogP contribution in [0.4, 0.5) is 0 Å². The molecular weight excluding hydrogens is 659 g/mol. The molecule has 0 amide bonds. The first-order valence-corrected chi connectivity index (χ1v) is 18.9. The van der Waals surface area contributed by atoms with Crippen LogP contribution in [0.2, 0.25) is 0 Å². The average molecular weight is 696 g/mol. The smallest absolute Gasteiger partial charge is 0.159 e. The minimum absolute atomic E-state index is 0.255. The summed E-state index contributed by atoms with van der Waals surface area (Å²) in [6.45, 7) is 0. The fourth-order valence-electron chi connectivity index (χ4n) is 8.77. The first-order valence-electron chi connectivity index (χ1n) is 18.9. The second-order valence-corrected chi connectivity index (χ2v) is 14.5. The van der Waals surface area contributed by atoms with Crippen molar-refractivity contribution < 1.29 is 0 Å². The lowest BCUT2D eigenvalue weighted by Gasteiger charge is -2.24. The number of aryl methyl sites for hydroxylation is 1. The van der Waals surface area contributed by atoms with E-state index in [9.17, 15) is 0 Å². The van der Waals surface area contributed by atoms with Crippen LogP contribution in [0, 0.1) is 11.8 Å². The Kier molecular flexibility index (Phi) is 7.12. The van der Waals surface area contributed by atoms with Crippen LogP contribution in [0.5, 0.6) is 0 Å². The van der Waals surface area contributed by atoms with Crippen molar-refractivity contribution in [3.8, 4) is 5.69 Å². The third kappa shape index (κ3) is 5.00. The number of aliphatic imine (C=N–C) groups is 2. The number of nitrogens with zero attached hydrogens (tertiary/aromatic N) is 4. The van der Waals surface area contributed by atoms with Crippen molar-refractivity contribution >= 4 is 56.2 Å². The van der Waals surface area contributed by atoms with E-state index in [-0.39, 0.29) is 6.17 Å². The molecule has 7 aromatic rings. The Bertz CT molecular complexity index is 2860. The van der Waals surface area contributed by atoms with Crippen molar-refractivity contribution in [1.29, 1.82) is 0 Å². The highest BCUT2D eigenvalue weighted by atomic mass is 15.2. The van der Waals surface area contributed by atoms with Crippen LogP contribution >= 0.6 is 0 Å². The highest BCUT2D eigenvalue weighted by Gasteiger charge is 2.26. The minimum Gasteiger partial charge on any atom is -0.344 e. The van der Waals surface area contributed by atoms with Gasteiger partial charge in [0.1, 0.15) is 12.0 Å². The van der Waals surface area contributed by atoms with Crippen LogP contribution in [0.3, 0.4) is 0 Å². The SMILES string of the molecule is C1=CC2C=CC(n3c4ccccc4c4cc5c6c(n(-c7cccc(C8=NC(c9ccccc9)=NC(c9ccccc9)N8)c7)c5cc43)C=CCC6)=CC2C=C1. The molecule has 3 unspecified atom stereocenters. The van der Waals surface area contributed by atoms with Gasteiger partial charge in [0.15, 0.2) is 5.84 Å². The van der Waals surface area contributed by atoms with Crippen molar-refractivity contribution in [1.82, 2.24) is 14.5 Å². The Morgan fingerprint density at radius 1 is 0.611 bits per heavy atom. The van der Waals surface area contributed by atoms with E-state index in [1.54, 1.807) is 0 Å². The number of fused-ring (bicyclic) bond motifs is 7. The number of nitrogens with one attached hydrogen (secondary N) is 1. The lowest BCUT2D eigenvalue weighted by Crippen LogP contribution is -2.33. The van der Waals surface area contributed by atoms with Gasteiger partial charge in [0, 0.05) is 56.2 Å². The fourth-order valence-corrected chi connectivity index (χ4v) is 8.77. The van der Waals surface area contributed by atoms with E-state index in [0.717, 1.165) is 46.9 Å². The van der Waals surface area contributed by atoms with Crippen LogP contribution in [-0.2, 0) is 6.42 Å². The molecule has 0 bridgehead atoms. The third-order valence-electron chi connectivity index (χ3n) is 11.3. The predicted octanol–water partition coefficient (Wildman–Crippen LogP) is 11.0. The van der Waals surface area contributed by atoms with Crippen molar-refractivity contribution in [2.45, 2.75) is 19.0 Å². The Balaban J connectivity index is 1.09. The first-order chi connectivity index (χ1) is 26.8. The molecule has 3 aliphatic carbocycles. The Morgan fingerprint density at radius 3 is 2.28 bits per heavy atom. The highest BCUT2D eigenvalue weighted by Crippen LogP contribution is 2.42. The summed E-state index contributed by atoms with van der Waals surface area (Å²) in [6.07, 6.45) is 22.5. The molecule has 54 heavy (non-hydrogen) atoms. The number of para-hydroxylation sites is 1. The van der Waals surface area contributed by atoms with Crippen molar-refractivity contribution in [2.24, 2.45) is 21.8 Å². The zero-order valence-corrected chi connectivity index (χ0v) is 29.7. The maximum absolute atomic E-state index is 5.13. The van der Waals surface area contributed by atoms with Crippen molar-refractivity contribution in [3.63, 3.8) is 0 Å². The molecule has 0 spiro atoms. The van der Waals surface area contributed by atoms with E-state index in [1.807, 2.05) is 24.3 Å². The first kappa shape index (κ1) is 30.9. The highest BCUT2D eigenvalue weighted by molar-refractivity contribution is 6.16. The second kappa shape index (κ2) is 12.5. The summed E-state index contributed by atoms with van der Waals surface area (Å²) < 4.78 is 4.94. The Hall–Kier alpha value is -6.72. The number of allylic oxidation sites excluding steroid dienone is 9. The van der Waals surface area contributed by atoms with Crippen LogP contribution in [0.1, 0.15) is 40.5 Å². The molecule has 1 N–H and O–H groups in total. The summed E-state index contributed by atoms with van der Waals surface area (Å²) in [6, 6.07) is 43.2. The van der Waals surface area contributed by atoms with Crippen LogP contribution in [-0.4, -0.2) is 20.8 Å². The Morgan fingerprint density at radius 2 is 1.39 bits per heavy atom. The number of benzene rings is 5. The second-order valence-electron chi connectivity index (χ2n) is 14.5. The molecule has 0 radical (unpaired) electrons. The quantitative estimate of drug-likeness (QED) is 0.191. The van der Waals surface area contributed by atoms with Gasteiger partial charge >= 0.3 is 0 Å². The summed E-state index contributed by atoms with van der Waals surface area (Å²) in [5.74, 6) is 2.29. The van der Waals surface area contributed by atoms with Crippen LogP contribution < -0.4 is 5.32 Å². The van der Waals surface area contributed by atoms with Gasteiger partial charge in [-0.2, -0.15) is 0 Å². The zero-order chi connectivity index (χ0) is 35.6. The molecule has 5 heteroatoms. The lowest BCUT2D eigenvalue weighted by atomic mass is 9.84. The zero-order valence-electron chi connectivity index (χ0n) is 29.7. The van der Waals surface area contributed by atoms with E-state index in [2.05, 4.69) is 166 Å². The van der Waals surface area contributed by atoms with Crippen LogP contribution in [0.15, 0.2) is 180 Å². The van der Waals surface area contributed by atoms with E-state index >= 15 is 0 Å². The molecular formula is C49H37N5. The normalized spacial score (nSPS) is 20.1. The monoisotopic (exact) mass is 695 g/mol. The van der Waals surface area contributed by atoms with E-state index in [4.69, 9.17) is 9.98 Å². The van der Waals surface area contributed by atoms with Gasteiger partial charge in [-0.1, -0.05) is 134 Å². The molecule has 1 aliphatic heterocycles. The summed E-state index contributed by atoms with van der Waals surface area (Å²) >= 11 is 0. The number of hydrogen-bond acceptors (Lipinski definition) is 3. The van der Waals surface area contributed by atoms with Gasteiger partial charge in [-0.3, -0.25) is 0 Å². The molecule has 4 aliphatic rings. The van der Waals surface area contributed by atoms with Crippen molar-refractivity contribution in [2.75, 3.05) is 0 Å². The third-order valence-corrected chi connectivity index (χ3v) is 11.3. The molecule has 258 valence electrons. The van der Waals surface area contributed by atoms with E-state index in [0.29, 0.717) is 11.8 Å². The van der Waals surface area contributed by atoms with Gasteiger partial charge in [-0.15, -0.1) is 0 Å². The van der Waals surface area contributed by atoms with Gasteiger partial charge in [0.2, 0.25) is 0 Å². The standard InChI is InChI=1S/C49H37N5/c1-3-15-33(16-4-1)47-50-48(34-17-5-2-6-18-34)52-49(51-47)36-20-13-21-37(29-36)53-43-24-11-9-22-39(43)41-30-42-40-23-10-12-25-44(40)54(46(42)31-45(41)53)38-27-26-32-14-7-8-19-35(32)28-38/h1-8,10-21,23-32,35,47H,9,22H2,(H,50,51,52). The molecule has 5 nitrogen and oxygen atoms in total. The molecule has 3 atom stereocenters. The molecule has 0 fully saturated rings. The maximum Gasteiger partial charge on any atom is 0.159 e. The van der Waals surface area contributed by atoms with Gasteiger partial charge in [-0.25, -0.2) is 9.98 Å². The summed E-state index contributed by atoms with van der Waals surface area (Å²) in [4.78, 5) is 10.2. The van der Waals surface area contributed by atoms with Gasteiger partial charge in [0.05, 0.1) is 16.6 Å². The Labute approximate surface area is 314 Å². The largest absolute Gasteiger partial charge is 0.344 e. The lowest BCUT2D eigenvalue weighted by molar-refractivity contribution is 0.659. The summed E-state index contributed by atoms with van der Waals surface area (Å²) in [5, 5.41) is 7.57. The molecule has 2 aromatic heterocycles. The van der Waals surface area contributed by atoms with Gasteiger partial charge in [-0.05, 0) is 66.5 Å². The van der Waals surface area contributed by atoms with E-state index in [1.165, 1.54) is 49.7 Å². The summed E-state index contributed by atoms with van der Waals surface area (Å²) in [5.41, 5.74) is 11.8. The van der Waals surface area contributed by atoms with Gasteiger partial charge in [0.25, 0.3) is 0 Å². The molecule has 5 aromatic carbocycles. The van der Waals surface area contributed by atoms with Gasteiger partial charge < -0.3 is 14.5 Å². The fraction of sp³-hybridized carbons (Fsp3) is 0.102. The molecule has 0 saturated heterocycles. The summed E-state index contributed by atoms with van der Waals surface area (Å²) in [7, 11) is 0. The number of aromatic nitrogens is 2. The maximum atomic E-state index is 5.13. The molecule has 0 saturated carbocycles. The predicted molar refractivity (Wildman–Crippen MR) is 224 cm³/mol. The average Bonchev–Trinajstić information content (AvgIpc) is 3.75. The van der Waals surface area contributed by atoms with Crippen molar-refractivity contribution in [3.05, 3.63) is 198 Å². The van der Waals surface area contributed by atoms with E-state index < -0.39 is 0 Å². The topological polar surface area (TPSA) is 46.6 Å².